The van der Waals surface area contributed by atoms with E-state index in [1.807, 2.05) is 0 Å². The van der Waals surface area contributed by atoms with Crippen LogP contribution in [0.3, 0.4) is 0 Å². The van der Waals surface area contributed by atoms with Crippen LogP contribution in [0.4, 0.5) is 4.39 Å². The highest BCUT2D eigenvalue weighted by Gasteiger charge is 2.29. The Balaban J connectivity index is 1.62. The zero-order valence-electron chi connectivity index (χ0n) is 12.1. The first-order chi connectivity index (χ1) is 10.1. The zero-order chi connectivity index (χ0) is 14.8. The topological polar surface area (TPSA) is 43.8 Å². The van der Waals surface area contributed by atoms with E-state index < -0.39 is 11.8 Å². The lowest BCUT2D eigenvalue weighted by molar-refractivity contribution is 0.0691. The average Bonchev–Trinajstić information content (AvgIpc) is 3.11. The van der Waals surface area contributed by atoms with Gasteiger partial charge >= 0.3 is 5.97 Å². The molecule has 2 fully saturated rings. The van der Waals surface area contributed by atoms with E-state index in [9.17, 15) is 9.18 Å². The van der Waals surface area contributed by atoms with Gasteiger partial charge in [0.05, 0.1) is 5.56 Å². The van der Waals surface area contributed by atoms with Gasteiger partial charge in [-0.05, 0) is 50.0 Å². The molecule has 0 bridgehead atoms. The number of hydrogen-bond donors (Lipinski definition) is 1. The molecular weight excluding hydrogens is 271 g/mol. The van der Waals surface area contributed by atoms with Crippen LogP contribution < -0.4 is 0 Å². The van der Waals surface area contributed by atoms with E-state index in [2.05, 4.69) is 9.80 Å². The quantitative estimate of drug-likeness (QED) is 0.924. The highest BCUT2D eigenvalue weighted by Crippen LogP contribution is 2.22. The maximum atomic E-state index is 13.4. The molecule has 1 atom stereocenters. The Hall–Kier alpha value is -1.46. The van der Waals surface area contributed by atoms with Crippen molar-refractivity contribution in [2.75, 3.05) is 26.2 Å². The Morgan fingerprint density at radius 2 is 2.05 bits per heavy atom. The smallest absolute Gasteiger partial charge is 0.338 e. The molecule has 0 radical (unpaired) electrons. The lowest BCUT2D eigenvalue weighted by Gasteiger charge is -2.23. The molecule has 0 aromatic heterocycles. The van der Waals surface area contributed by atoms with E-state index in [0.29, 0.717) is 12.6 Å². The molecule has 1 N–H and O–H groups in total. The number of likely N-dealkylation sites (tertiary alicyclic amines) is 2. The number of carbonyl (C=O) groups is 1. The Morgan fingerprint density at radius 1 is 1.29 bits per heavy atom. The van der Waals surface area contributed by atoms with Crippen LogP contribution in [-0.4, -0.2) is 53.1 Å². The van der Waals surface area contributed by atoms with E-state index in [1.54, 1.807) is 6.07 Å². The molecule has 114 valence electrons. The maximum Gasteiger partial charge on any atom is 0.338 e. The number of carboxylic acid groups (broad SMARTS) is 1. The van der Waals surface area contributed by atoms with Gasteiger partial charge in [-0.1, -0.05) is 6.07 Å². The van der Waals surface area contributed by atoms with Crippen molar-refractivity contribution in [1.82, 2.24) is 9.80 Å². The fourth-order valence-electron chi connectivity index (χ4n) is 3.45. The molecule has 0 aliphatic carbocycles. The summed E-state index contributed by atoms with van der Waals surface area (Å²) in [5, 5.41) is 8.98. The van der Waals surface area contributed by atoms with Gasteiger partial charge in [-0.15, -0.1) is 0 Å². The molecular formula is C16H21FN2O2. The van der Waals surface area contributed by atoms with Gasteiger partial charge in [0.15, 0.2) is 0 Å². The first kappa shape index (κ1) is 14.5. The van der Waals surface area contributed by atoms with Gasteiger partial charge in [0.2, 0.25) is 0 Å². The molecule has 3 rings (SSSR count). The van der Waals surface area contributed by atoms with Crippen molar-refractivity contribution < 1.29 is 14.3 Å². The van der Waals surface area contributed by atoms with Crippen LogP contribution in [0.2, 0.25) is 0 Å². The minimum atomic E-state index is -1.20. The van der Waals surface area contributed by atoms with E-state index in [-0.39, 0.29) is 5.56 Å². The summed E-state index contributed by atoms with van der Waals surface area (Å²) in [5.74, 6) is -1.87. The number of rotatable bonds is 4. The van der Waals surface area contributed by atoms with Crippen LogP contribution in [0.15, 0.2) is 18.2 Å². The van der Waals surface area contributed by atoms with Crippen LogP contribution in [0.5, 0.6) is 0 Å². The predicted octanol–water partition coefficient (Wildman–Crippen LogP) is 2.19. The van der Waals surface area contributed by atoms with Gasteiger partial charge in [-0.3, -0.25) is 9.80 Å². The van der Waals surface area contributed by atoms with Gasteiger partial charge in [0.1, 0.15) is 5.82 Å². The SMILES string of the molecule is O=C(O)c1cc(CN2CCC(N3CCCC3)C2)ccc1F. The van der Waals surface area contributed by atoms with Gasteiger partial charge in [0.25, 0.3) is 0 Å². The van der Waals surface area contributed by atoms with Crippen LogP contribution >= 0.6 is 0 Å². The second-order valence-corrected chi connectivity index (χ2v) is 6.04. The largest absolute Gasteiger partial charge is 0.478 e. The molecule has 2 heterocycles. The number of benzene rings is 1. The zero-order valence-corrected chi connectivity index (χ0v) is 12.1. The second kappa shape index (κ2) is 6.12. The maximum absolute atomic E-state index is 13.4. The lowest BCUT2D eigenvalue weighted by Crippen LogP contribution is -2.35. The van der Waals surface area contributed by atoms with Crippen LogP contribution in [0.25, 0.3) is 0 Å². The van der Waals surface area contributed by atoms with E-state index in [1.165, 1.54) is 44.5 Å². The van der Waals surface area contributed by atoms with Crippen molar-refractivity contribution in [2.45, 2.75) is 31.8 Å². The Labute approximate surface area is 124 Å². The second-order valence-electron chi connectivity index (χ2n) is 6.04. The summed E-state index contributed by atoms with van der Waals surface area (Å²) in [6, 6.07) is 5.03. The summed E-state index contributed by atoms with van der Waals surface area (Å²) in [6.07, 6.45) is 3.78. The highest BCUT2D eigenvalue weighted by molar-refractivity contribution is 5.88. The summed E-state index contributed by atoms with van der Waals surface area (Å²) in [4.78, 5) is 15.9. The highest BCUT2D eigenvalue weighted by atomic mass is 19.1. The number of nitrogens with zero attached hydrogens (tertiary/aromatic N) is 2. The van der Waals surface area contributed by atoms with Gasteiger partial charge < -0.3 is 5.11 Å². The van der Waals surface area contributed by atoms with Crippen molar-refractivity contribution in [2.24, 2.45) is 0 Å². The standard InChI is InChI=1S/C16H21FN2O2/c17-15-4-3-12(9-14(15)16(20)21)10-18-8-5-13(11-18)19-6-1-2-7-19/h3-4,9,13H,1-2,5-8,10-11H2,(H,20,21). The molecule has 0 amide bonds. The van der Waals surface area contributed by atoms with Crippen molar-refractivity contribution in [3.8, 4) is 0 Å². The van der Waals surface area contributed by atoms with Gasteiger partial charge in [0, 0.05) is 25.7 Å². The summed E-state index contributed by atoms with van der Waals surface area (Å²) in [5.41, 5.74) is 0.638. The molecule has 2 aliphatic heterocycles. The molecule has 4 nitrogen and oxygen atoms in total. The number of halogens is 1. The van der Waals surface area contributed by atoms with Gasteiger partial charge in [-0.2, -0.15) is 0 Å². The van der Waals surface area contributed by atoms with Crippen molar-refractivity contribution in [1.29, 1.82) is 0 Å². The summed E-state index contributed by atoms with van der Waals surface area (Å²) >= 11 is 0. The molecule has 2 aliphatic rings. The molecule has 1 aromatic carbocycles. The minimum absolute atomic E-state index is 0.234. The molecule has 21 heavy (non-hydrogen) atoms. The van der Waals surface area contributed by atoms with Crippen LogP contribution in [0.1, 0.15) is 35.2 Å². The lowest BCUT2D eigenvalue weighted by atomic mass is 10.1. The van der Waals surface area contributed by atoms with Crippen molar-refractivity contribution >= 4 is 5.97 Å². The summed E-state index contributed by atoms with van der Waals surface area (Å²) in [7, 11) is 0. The summed E-state index contributed by atoms with van der Waals surface area (Å²) in [6.45, 7) is 5.17. The monoisotopic (exact) mass is 292 g/mol. The first-order valence-corrected chi connectivity index (χ1v) is 7.61. The van der Waals surface area contributed by atoms with Gasteiger partial charge in [-0.25, -0.2) is 9.18 Å². The van der Waals surface area contributed by atoms with E-state index >= 15 is 0 Å². The Bertz CT molecular complexity index is 529. The van der Waals surface area contributed by atoms with Crippen LogP contribution in [-0.2, 0) is 6.54 Å². The molecule has 1 aromatic rings. The summed E-state index contributed by atoms with van der Waals surface area (Å²) < 4.78 is 13.4. The third kappa shape index (κ3) is 3.24. The number of carboxylic acids is 1. The molecule has 0 saturated carbocycles. The Kier molecular flexibility index (Phi) is 4.22. The normalized spacial score (nSPS) is 23.8. The fourth-order valence-corrected chi connectivity index (χ4v) is 3.45. The predicted molar refractivity (Wildman–Crippen MR) is 77.8 cm³/mol. The van der Waals surface area contributed by atoms with Crippen molar-refractivity contribution in [3.05, 3.63) is 35.1 Å². The number of aromatic carboxylic acids is 1. The molecule has 5 heteroatoms. The fraction of sp³-hybridized carbons (Fsp3) is 0.562. The Morgan fingerprint density at radius 3 is 2.76 bits per heavy atom. The van der Waals surface area contributed by atoms with Crippen molar-refractivity contribution in [3.63, 3.8) is 0 Å². The van der Waals surface area contributed by atoms with E-state index in [0.717, 1.165) is 18.7 Å². The minimum Gasteiger partial charge on any atom is -0.478 e. The first-order valence-electron chi connectivity index (χ1n) is 7.61. The van der Waals surface area contributed by atoms with E-state index in [4.69, 9.17) is 5.11 Å². The molecule has 1 unspecified atom stereocenters. The third-order valence-corrected chi connectivity index (χ3v) is 4.57. The number of hydrogen-bond acceptors (Lipinski definition) is 3. The molecule has 0 spiro atoms. The molecule has 2 saturated heterocycles. The van der Waals surface area contributed by atoms with Crippen LogP contribution in [0, 0.1) is 5.82 Å². The third-order valence-electron chi connectivity index (χ3n) is 4.57. The average molecular weight is 292 g/mol.